The molecule has 0 aliphatic carbocycles. The third-order valence-electron chi connectivity index (χ3n) is 5.05. The van der Waals surface area contributed by atoms with Gasteiger partial charge in [-0.15, -0.1) is 0 Å². The fourth-order valence-corrected chi connectivity index (χ4v) is 3.38. The van der Waals surface area contributed by atoms with Crippen molar-refractivity contribution in [1.29, 1.82) is 0 Å². The Bertz CT molecular complexity index is 776. The van der Waals surface area contributed by atoms with Crippen molar-refractivity contribution >= 4 is 16.7 Å². The van der Waals surface area contributed by atoms with Gasteiger partial charge in [-0.2, -0.15) is 0 Å². The number of carbonyl (C=O) groups excluding carboxylic acids is 1. The van der Waals surface area contributed by atoms with E-state index in [0.717, 1.165) is 24.3 Å². The quantitative estimate of drug-likeness (QED) is 0.820. The molecule has 1 aromatic heterocycles. The smallest absolute Gasteiger partial charge is 0.258 e. The van der Waals surface area contributed by atoms with Gasteiger partial charge in [0.2, 0.25) is 5.91 Å². The number of amides is 1. The van der Waals surface area contributed by atoms with Crippen LogP contribution in [0.15, 0.2) is 41.3 Å². The molecule has 0 unspecified atom stereocenters. The lowest BCUT2D eigenvalue weighted by atomic mass is 9.99. The molecule has 1 N–H and O–H groups in total. The summed E-state index contributed by atoms with van der Waals surface area (Å²) in [6.45, 7) is 6.41. The van der Waals surface area contributed by atoms with E-state index in [-0.39, 0.29) is 18.0 Å². The van der Waals surface area contributed by atoms with Gasteiger partial charge >= 0.3 is 0 Å². The zero-order valence-corrected chi connectivity index (χ0v) is 14.9. The van der Waals surface area contributed by atoms with E-state index in [1.807, 2.05) is 24.3 Å². The summed E-state index contributed by atoms with van der Waals surface area (Å²) in [6, 6.07) is 9.33. The highest BCUT2D eigenvalue weighted by molar-refractivity contribution is 5.82. The molecule has 1 aromatic carbocycles. The van der Waals surface area contributed by atoms with Crippen LogP contribution in [0.3, 0.4) is 0 Å². The number of hydrogen-bond acceptors (Lipinski definition) is 3. The van der Waals surface area contributed by atoms with Gasteiger partial charge in [0.15, 0.2) is 0 Å². The number of nitrogens with zero attached hydrogens (tertiary/aromatic N) is 2. The monoisotopic (exact) mass is 341 g/mol. The van der Waals surface area contributed by atoms with Gasteiger partial charge in [-0.25, -0.2) is 0 Å². The zero-order chi connectivity index (χ0) is 17.6. The van der Waals surface area contributed by atoms with Crippen molar-refractivity contribution < 1.29 is 4.79 Å². The molecule has 1 amide bonds. The predicted molar refractivity (Wildman–Crippen MR) is 101 cm³/mol. The molecule has 0 radical (unpaired) electrons. The minimum atomic E-state index is -0.115. The molecule has 0 bridgehead atoms. The number of aromatic nitrogens is 1. The van der Waals surface area contributed by atoms with Gasteiger partial charge in [0.25, 0.3) is 5.56 Å². The van der Waals surface area contributed by atoms with E-state index in [1.165, 1.54) is 30.5 Å². The zero-order valence-electron chi connectivity index (χ0n) is 14.9. The number of nitrogens with one attached hydrogen (secondary N) is 1. The standard InChI is InChI=1S/C20H27N3O2/c1-16-7-12-22(13-8-16)11-4-10-21-19(24)15-23-14-9-17-5-2-3-6-18(17)20(23)25/h2-3,5-6,9,14,16H,4,7-8,10-13,15H2,1H3,(H,21,24). The summed E-state index contributed by atoms with van der Waals surface area (Å²) in [5.74, 6) is 0.737. The van der Waals surface area contributed by atoms with Crippen molar-refractivity contribution in [1.82, 2.24) is 14.8 Å². The molecular formula is C20H27N3O2. The van der Waals surface area contributed by atoms with Crippen LogP contribution in [0.4, 0.5) is 0 Å². The Hall–Kier alpha value is -2.14. The maximum Gasteiger partial charge on any atom is 0.258 e. The summed E-state index contributed by atoms with van der Waals surface area (Å²) in [5, 5.41) is 4.48. The summed E-state index contributed by atoms with van der Waals surface area (Å²) < 4.78 is 1.48. The normalized spacial score (nSPS) is 16.2. The van der Waals surface area contributed by atoms with E-state index in [9.17, 15) is 9.59 Å². The van der Waals surface area contributed by atoms with Gasteiger partial charge < -0.3 is 14.8 Å². The number of carbonyl (C=O) groups is 1. The molecule has 1 saturated heterocycles. The summed E-state index contributed by atoms with van der Waals surface area (Å²) in [7, 11) is 0. The van der Waals surface area contributed by atoms with E-state index in [0.29, 0.717) is 11.9 Å². The fourth-order valence-electron chi connectivity index (χ4n) is 3.38. The maximum atomic E-state index is 12.4. The van der Waals surface area contributed by atoms with Crippen LogP contribution in [0.25, 0.3) is 10.8 Å². The predicted octanol–water partition coefficient (Wildman–Crippen LogP) is 2.24. The minimum Gasteiger partial charge on any atom is -0.355 e. The highest BCUT2D eigenvalue weighted by Crippen LogP contribution is 2.15. The molecule has 1 fully saturated rings. The van der Waals surface area contributed by atoms with E-state index in [1.54, 1.807) is 12.3 Å². The average Bonchev–Trinajstić information content (AvgIpc) is 2.63. The first-order valence-corrected chi connectivity index (χ1v) is 9.21. The van der Waals surface area contributed by atoms with E-state index < -0.39 is 0 Å². The van der Waals surface area contributed by atoms with Gasteiger partial charge in [0.1, 0.15) is 6.54 Å². The van der Waals surface area contributed by atoms with Crippen molar-refractivity contribution in [3.63, 3.8) is 0 Å². The molecule has 5 heteroatoms. The molecule has 2 aromatic rings. The van der Waals surface area contributed by atoms with Gasteiger partial charge in [-0.05, 0) is 62.3 Å². The van der Waals surface area contributed by atoms with Crippen LogP contribution in [0.2, 0.25) is 0 Å². The van der Waals surface area contributed by atoms with Crippen LogP contribution in [0.1, 0.15) is 26.2 Å². The SMILES string of the molecule is CC1CCN(CCCNC(=O)Cn2ccc3ccccc3c2=O)CC1. The summed E-state index contributed by atoms with van der Waals surface area (Å²) in [6.07, 6.45) is 5.19. The van der Waals surface area contributed by atoms with Crippen LogP contribution >= 0.6 is 0 Å². The first-order valence-electron chi connectivity index (χ1n) is 9.21. The van der Waals surface area contributed by atoms with Crippen molar-refractivity contribution in [3.8, 4) is 0 Å². The number of likely N-dealkylation sites (tertiary alicyclic amines) is 1. The summed E-state index contributed by atoms with van der Waals surface area (Å²) >= 11 is 0. The second kappa shape index (κ2) is 8.30. The van der Waals surface area contributed by atoms with Crippen molar-refractivity contribution in [3.05, 3.63) is 46.9 Å². The van der Waals surface area contributed by atoms with E-state index >= 15 is 0 Å². The highest BCUT2D eigenvalue weighted by atomic mass is 16.2. The largest absolute Gasteiger partial charge is 0.355 e. The number of rotatable bonds is 6. The van der Waals surface area contributed by atoms with Crippen molar-refractivity contribution in [2.24, 2.45) is 5.92 Å². The Morgan fingerprint density at radius 1 is 1.20 bits per heavy atom. The number of fused-ring (bicyclic) bond motifs is 1. The molecule has 0 spiro atoms. The highest BCUT2D eigenvalue weighted by Gasteiger charge is 2.15. The minimum absolute atomic E-state index is 0.0743. The van der Waals surface area contributed by atoms with Gasteiger partial charge in [-0.3, -0.25) is 9.59 Å². The first-order chi connectivity index (χ1) is 12.1. The van der Waals surface area contributed by atoms with Crippen LogP contribution in [0, 0.1) is 5.92 Å². The molecule has 134 valence electrons. The Labute approximate surface area is 148 Å². The molecule has 5 nitrogen and oxygen atoms in total. The number of hydrogen-bond donors (Lipinski definition) is 1. The Kier molecular flexibility index (Phi) is 5.87. The second-order valence-electron chi connectivity index (χ2n) is 7.06. The molecule has 1 aliphatic heterocycles. The molecule has 0 atom stereocenters. The van der Waals surface area contributed by atoms with Gasteiger partial charge in [0.05, 0.1) is 0 Å². The topological polar surface area (TPSA) is 54.3 Å². The molecule has 1 aliphatic rings. The molecule has 0 saturated carbocycles. The van der Waals surface area contributed by atoms with Crippen LogP contribution < -0.4 is 10.9 Å². The van der Waals surface area contributed by atoms with Gasteiger partial charge in [0, 0.05) is 18.1 Å². The number of benzene rings is 1. The Balaban J connectivity index is 1.45. The Morgan fingerprint density at radius 2 is 1.96 bits per heavy atom. The summed E-state index contributed by atoms with van der Waals surface area (Å²) in [5.41, 5.74) is -0.115. The maximum absolute atomic E-state index is 12.4. The third-order valence-corrected chi connectivity index (χ3v) is 5.05. The van der Waals surface area contributed by atoms with Crippen molar-refractivity contribution in [2.75, 3.05) is 26.2 Å². The molecule has 2 heterocycles. The lowest BCUT2D eigenvalue weighted by Gasteiger charge is -2.30. The first kappa shape index (κ1) is 17.7. The van der Waals surface area contributed by atoms with Crippen LogP contribution in [-0.4, -0.2) is 41.6 Å². The van der Waals surface area contributed by atoms with Gasteiger partial charge in [-0.1, -0.05) is 25.1 Å². The van der Waals surface area contributed by atoms with E-state index in [2.05, 4.69) is 17.1 Å². The number of pyridine rings is 1. The molecule has 3 rings (SSSR count). The van der Waals surface area contributed by atoms with Crippen molar-refractivity contribution in [2.45, 2.75) is 32.7 Å². The fraction of sp³-hybridized carbons (Fsp3) is 0.500. The average molecular weight is 341 g/mol. The second-order valence-corrected chi connectivity index (χ2v) is 7.06. The summed E-state index contributed by atoms with van der Waals surface area (Å²) in [4.78, 5) is 27.0. The van der Waals surface area contributed by atoms with Crippen LogP contribution in [-0.2, 0) is 11.3 Å². The lowest BCUT2D eigenvalue weighted by molar-refractivity contribution is -0.121. The van der Waals surface area contributed by atoms with E-state index in [4.69, 9.17) is 0 Å². The number of piperidine rings is 1. The molecule has 25 heavy (non-hydrogen) atoms. The third kappa shape index (κ3) is 4.69. The Morgan fingerprint density at radius 3 is 2.76 bits per heavy atom. The molecular weight excluding hydrogens is 314 g/mol. The van der Waals surface area contributed by atoms with Crippen LogP contribution in [0.5, 0.6) is 0 Å². The lowest BCUT2D eigenvalue weighted by Crippen LogP contribution is -2.36.